The topological polar surface area (TPSA) is 29.3 Å². The van der Waals surface area contributed by atoms with E-state index in [1.165, 1.54) is 44.5 Å². The van der Waals surface area contributed by atoms with E-state index in [-0.39, 0.29) is 24.8 Å². The van der Waals surface area contributed by atoms with Crippen molar-refractivity contribution in [1.82, 2.24) is 4.90 Å². The predicted molar refractivity (Wildman–Crippen MR) is 84.1 cm³/mol. The van der Waals surface area contributed by atoms with E-state index in [9.17, 15) is 0 Å². The summed E-state index contributed by atoms with van der Waals surface area (Å²) in [6.07, 6.45) is 3.88. The van der Waals surface area contributed by atoms with E-state index in [0.717, 1.165) is 5.69 Å². The minimum atomic E-state index is 0. The zero-order valence-electron chi connectivity index (χ0n) is 11.0. The number of rotatable bonds is 3. The van der Waals surface area contributed by atoms with Crippen LogP contribution in [0.15, 0.2) is 24.3 Å². The van der Waals surface area contributed by atoms with Crippen LogP contribution in [0.1, 0.15) is 37.7 Å². The van der Waals surface area contributed by atoms with Gasteiger partial charge in [-0.15, -0.1) is 24.8 Å². The van der Waals surface area contributed by atoms with Gasteiger partial charge in [0.25, 0.3) is 0 Å². The lowest BCUT2D eigenvalue weighted by Crippen LogP contribution is -2.34. The number of nitrogens with zero attached hydrogens (tertiary/aromatic N) is 1. The first-order chi connectivity index (χ1) is 7.79. The Hall–Kier alpha value is -0.440. The predicted octanol–water partition coefficient (Wildman–Crippen LogP) is 3.70. The van der Waals surface area contributed by atoms with Crippen LogP contribution in [0.5, 0.6) is 0 Å². The highest BCUT2D eigenvalue weighted by atomic mass is 35.5. The van der Waals surface area contributed by atoms with Crippen molar-refractivity contribution in [3.8, 4) is 0 Å². The zero-order valence-corrected chi connectivity index (χ0v) is 12.6. The van der Waals surface area contributed by atoms with Crippen LogP contribution in [0.25, 0.3) is 0 Å². The third kappa shape index (κ3) is 4.68. The summed E-state index contributed by atoms with van der Waals surface area (Å²) in [5.74, 6) is 0.684. The molecule has 0 radical (unpaired) electrons. The SMILES string of the molecule is CCCN1CCCC(c2cccc(N)c2)C1.Cl.Cl. The van der Waals surface area contributed by atoms with Crippen molar-refractivity contribution in [3.05, 3.63) is 29.8 Å². The Morgan fingerprint density at radius 2 is 2.11 bits per heavy atom. The third-order valence-electron chi connectivity index (χ3n) is 3.43. The molecule has 0 bridgehead atoms. The van der Waals surface area contributed by atoms with Crippen LogP contribution in [-0.4, -0.2) is 24.5 Å². The Labute approximate surface area is 123 Å². The molecule has 1 fully saturated rings. The molecule has 2 rings (SSSR count). The summed E-state index contributed by atoms with van der Waals surface area (Å²) in [6, 6.07) is 8.40. The number of nitrogen functional groups attached to an aromatic ring is 1. The van der Waals surface area contributed by atoms with Gasteiger partial charge in [-0.25, -0.2) is 0 Å². The summed E-state index contributed by atoms with van der Waals surface area (Å²) in [7, 11) is 0. The molecule has 0 spiro atoms. The number of halogens is 2. The maximum absolute atomic E-state index is 5.84. The molecule has 0 aliphatic carbocycles. The number of anilines is 1. The number of hydrogen-bond acceptors (Lipinski definition) is 2. The molecular weight excluding hydrogens is 267 g/mol. The fraction of sp³-hybridized carbons (Fsp3) is 0.571. The van der Waals surface area contributed by atoms with Crippen LogP contribution < -0.4 is 5.73 Å². The fourth-order valence-electron chi connectivity index (χ4n) is 2.66. The van der Waals surface area contributed by atoms with Crippen molar-refractivity contribution in [3.63, 3.8) is 0 Å². The van der Waals surface area contributed by atoms with E-state index in [1.807, 2.05) is 6.07 Å². The molecule has 1 aromatic rings. The molecule has 2 nitrogen and oxygen atoms in total. The molecule has 2 N–H and O–H groups in total. The maximum atomic E-state index is 5.84. The van der Waals surface area contributed by atoms with Crippen LogP contribution in [0.2, 0.25) is 0 Å². The lowest BCUT2D eigenvalue weighted by Gasteiger charge is -2.32. The molecule has 0 amide bonds. The second-order valence-electron chi connectivity index (χ2n) is 4.81. The lowest BCUT2D eigenvalue weighted by molar-refractivity contribution is 0.208. The standard InChI is InChI=1S/C14H22N2.2ClH/c1-2-8-16-9-4-6-13(11-16)12-5-3-7-14(15)10-12;;/h3,5,7,10,13H,2,4,6,8-9,11,15H2,1H3;2*1H. The first-order valence-electron chi connectivity index (χ1n) is 6.37. The largest absolute Gasteiger partial charge is 0.399 e. The van der Waals surface area contributed by atoms with Gasteiger partial charge in [-0.3, -0.25) is 0 Å². The summed E-state index contributed by atoms with van der Waals surface area (Å²) in [5.41, 5.74) is 8.16. The van der Waals surface area contributed by atoms with Gasteiger partial charge >= 0.3 is 0 Å². The number of likely N-dealkylation sites (tertiary alicyclic amines) is 1. The van der Waals surface area contributed by atoms with Crippen molar-refractivity contribution < 1.29 is 0 Å². The molecule has 1 saturated heterocycles. The van der Waals surface area contributed by atoms with Gasteiger partial charge < -0.3 is 10.6 Å². The summed E-state index contributed by atoms with van der Waals surface area (Å²) in [6.45, 7) is 5.97. The van der Waals surface area contributed by atoms with E-state index < -0.39 is 0 Å². The summed E-state index contributed by atoms with van der Waals surface area (Å²) >= 11 is 0. The van der Waals surface area contributed by atoms with E-state index in [1.54, 1.807) is 0 Å². The van der Waals surface area contributed by atoms with E-state index in [0.29, 0.717) is 5.92 Å². The second-order valence-corrected chi connectivity index (χ2v) is 4.81. The smallest absolute Gasteiger partial charge is 0.0316 e. The normalized spacial score (nSPS) is 19.7. The van der Waals surface area contributed by atoms with Gasteiger partial charge in [0, 0.05) is 12.2 Å². The Balaban J connectivity index is 0.00000144. The molecule has 1 aliphatic rings. The van der Waals surface area contributed by atoms with Gasteiger partial charge in [0.1, 0.15) is 0 Å². The van der Waals surface area contributed by atoms with Crippen LogP contribution >= 0.6 is 24.8 Å². The number of hydrogen-bond donors (Lipinski definition) is 1. The van der Waals surface area contributed by atoms with Crippen molar-refractivity contribution in [2.45, 2.75) is 32.1 Å². The van der Waals surface area contributed by atoms with Crippen molar-refractivity contribution in [2.75, 3.05) is 25.4 Å². The quantitative estimate of drug-likeness (QED) is 0.860. The molecule has 4 heteroatoms. The molecule has 1 heterocycles. The maximum Gasteiger partial charge on any atom is 0.0316 e. The Morgan fingerprint density at radius 3 is 2.78 bits per heavy atom. The second kappa shape index (κ2) is 8.63. The average Bonchev–Trinajstić information content (AvgIpc) is 2.30. The Bertz CT molecular complexity index is 342. The minimum Gasteiger partial charge on any atom is -0.399 e. The molecule has 1 unspecified atom stereocenters. The van der Waals surface area contributed by atoms with E-state index in [4.69, 9.17) is 5.73 Å². The van der Waals surface area contributed by atoms with Gasteiger partial charge in [-0.2, -0.15) is 0 Å². The van der Waals surface area contributed by atoms with Gasteiger partial charge in [0.05, 0.1) is 0 Å². The Kier molecular flexibility index (Phi) is 8.41. The molecule has 104 valence electrons. The molecular formula is C14H24Cl2N2. The van der Waals surface area contributed by atoms with Crippen LogP contribution in [0.3, 0.4) is 0 Å². The van der Waals surface area contributed by atoms with E-state index >= 15 is 0 Å². The monoisotopic (exact) mass is 290 g/mol. The summed E-state index contributed by atoms with van der Waals surface area (Å²) in [5, 5.41) is 0. The lowest BCUT2D eigenvalue weighted by atomic mass is 9.90. The molecule has 0 aromatic heterocycles. The highest BCUT2D eigenvalue weighted by Gasteiger charge is 2.20. The van der Waals surface area contributed by atoms with Crippen LogP contribution in [0, 0.1) is 0 Å². The first-order valence-corrected chi connectivity index (χ1v) is 6.37. The Morgan fingerprint density at radius 1 is 1.33 bits per heavy atom. The first kappa shape index (κ1) is 17.6. The highest BCUT2D eigenvalue weighted by molar-refractivity contribution is 5.85. The van der Waals surface area contributed by atoms with Gasteiger partial charge in [0.15, 0.2) is 0 Å². The fourth-order valence-corrected chi connectivity index (χ4v) is 2.66. The van der Waals surface area contributed by atoms with Crippen molar-refractivity contribution in [2.24, 2.45) is 0 Å². The molecule has 1 aromatic carbocycles. The van der Waals surface area contributed by atoms with E-state index in [2.05, 4.69) is 30.0 Å². The molecule has 0 saturated carbocycles. The van der Waals surface area contributed by atoms with Crippen molar-refractivity contribution >= 4 is 30.5 Å². The van der Waals surface area contributed by atoms with Crippen LogP contribution in [0.4, 0.5) is 5.69 Å². The number of nitrogens with two attached hydrogens (primary N) is 1. The van der Waals surface area contributed by atoms with Crippen molar-refractivity contribution in [1.29, 1.82) is 0 Å². The van der Waals surface area contributed by atoms with Gasteiger partial charge in [0.2, 0.25) is 0 Å². The molecule has 18 heavy (non-hydrogen) atoms. The summed E-state index contributed by atoms with van der Waals surface area (Å²) < 4.78 is 0. The van der Waals surface area contributed by atoms with Gasteiger partial charge in [-0.05, 0) is 56.0 Å². The number of benzene rings is 1. The zero-order chi connectivity index (χ0) is 11.4. The number of piperidine rings is 1. The highest BCUT2D eigenvalue weighted by Crippen LogP contribution is 2.27. The third-order valence-corrected chi connectivity index (χ3v) is 3.43. The average molecular weight is 291 g/mol. The molecule has 1 atom stereocenters. The van der Waals surface area contributed by atoms with Crippen LogP contribution in [-0.2, 0) is 0 Å². The summed E-state index contributed by atoms with van der Waals surface area (Å²) in [4.78, 5) is 2.58. The minimum absolute atomic E-state index is 0. The molecule has 1 aliphatic heterocycles. The van der Waals surface area contributed by atoms with Gasteiger partial charge in [-0.1, -0.05) is 19.1 Å².